The molecule has 0 saturated carbocycles. The van der Waals surface area contributed by atoms with Gasteiger partial charge in [0.25, 0.3) is 0 Å². The summed E-state index contributed by atoms with van der Waals surface area (Å²) in [5.74, 6) is 4.31. The lowest BCUT2D eigenvalue weighted by Crippen LogP contribution is -1.95. The number of hydrogen-bond donors (Lipinski definition) is 1. The molecule has 0 bridgehead atoms. The van der Waals surface area contributed by atoms with E-state index >= 15 is 0 Å². The van der Waals surface area contributed by atoms with E-state index in [1.807, 2.05) is 0 Å². The molecule has 0 rings (SSSR count). The number of rotatable bonds is 3. The number of aliphatic hydroxyl groups excluding tert-OH is 1. The molecule has 1 N–H and O–H groups in total. The molecule has 154 valence electrons. The van der Waals surface area contributed by atoms with Crippen LogP contribution in [0.4, 0.5) is 0 Å². The van der Waals surface area contributed by atoms with Gasteiger partial charge in [-0.2, -0.15) is 0 Å². The molecule has 0 saturated heterocycles. The second kappa shape index (κ2) is 27.8. The summed E-state index contributed by atoms with van der Waals surface area (Å²) in [6.07, 6.45) is 2.44. The summed E-state index contributed by atoms with van der Waals surface area (Å²) in [5.41, 5.74) is 0. The van der Waals surface area contributed by atoms with Crippen LogP contribution in [0.2, 0.25) is 0 Å². The minimum absolute atomic E-state index is 0.167. The molecule has 0 atom stereocenters. The fraction of sp³-hybridized carbons (Fsp3) is 1.00. The molecule has 0 fully saturated rings. The summed E-state index contributed by atoms with van der Waals surface area (Å²) >= 11 is 0. The number of hydrogen-bond acceptors (Lipinski definition) is 1. The van der Waals surface area contributed by atoms with Crippen molar-refractivity contribution in [3.63, 3.8) is 0 Å². The first kappa shape index (κ1) is 35.1. The Kier molecular flexibility index (Phi) is 40.7. The van der Waals surface area contributed by atoms with Crippen molar-refractivity contribution < 1.29 is 5.11 Å². The normalized spacial score (nSPS) is 9.75. The van der Waals surface area contributed by atoms with Crippen LogP contribution in [0.15, 0.2) is 0 Å². The van der Waals surface area contributed by atoms with Crippen LogP contribution in [0.1, 0.15) is 117 Å². The van der Waals surface area contributed by atoms with Crippen molar-refractivity contribution in [2.75, 3.05) is 0 Å². The minimum Gasteiger partial charge on any atom is -0.394 e. The number of aliphatic hydroxyl groups is 1. The minimum atomic E-state index is -0.167. The van der Waals surface area contributed by atoms with Gasteiger partial charge in [0, 0.05) is 6.10 Å². The summed E-state index contributed by atoms with van der Waals surface area (Å²) in [5, 5.41) is 8.06. The quantitative estimate of drug-likeness (QED) is 0.542. The molecule has 0 aliphatic rings. The van der Waals surface area contributed by atoms with Gasteiger partial charge >= 0.3 is 0 Å². The zero-order valence-electron chi connectivity index (χ0n) is 20.3. The predicted molar refractivity (Wildman–Crippen MR) is 118 cm³/mol. The average Bonchev–Trinajstić information content (AvgIpc) is 2.38. The van der Waals surface area contributed by atoms with Crippen LogP contribution in [0.5, 0.6) is 0 Å². The summed E-state index contributed by atoms with van der Waals surface area (Å²) in [7, 11) is 0. The zero-order chi connectivity index (χ0) is 20.9. The van der Waals surface area contributed by atoms with E-state index in [-0.39, 0.29) is 6.10 Å². The molecular formula is C23H56O. The van der Waals surface area contributed by atoms with Crippen LogP contribution in [0, 0.1) is 29.6 Å². The van der Waals surface area contributed by atoms with Crippen molar-refractivity contribution in [1.82, 2.24) is 0 Å². The highest BCUT2D eigenvalue weighted by Gasteiger charge is 1.95. The summed E-state index contributed by atoms with van der Waals surface area (Å²) in [6, 6.07) is 0. The first-order valence-electron chi connectivity index (χ1n) is 10.3. The molecule has 0 aromatic rings. The monoisotopic (exact) mass is 348 g/mol. The van der Waals surface area contributed by atoms with E-state index in [4.69, 9.17) is 5.11 Å². The fourth-order valence-corrected chi connectivity index (χ4v) is 0. The van der Waals surface area contributed by atoms with Crippen molar-refractivity contribution in [3.8, 4) is 0 Å². The van der Waals surface area contributed by atoms with E-state index in [2.05, 4.69) is 90.0 Å². The molecule has 1 heteroatoms. The molecule has 0 aliphatic heterocycles. The molecule has 0 spiro atoms. The van der Waals surface area contributed by atoms with E-state index in [1.165, 1.54) is 12.8 Å². The molecule has 0 aromatic carbocycles. The third-order valence-electron chi connectivity index (χ3n) is 2.97. The average molecular weight is 349 g/mol. The molecule has 0 amide bonds. The predicted octanol–water partition coefficient (Wildman–Crippen LogP) is 8.45. The van der Waals surface area contributed by atoms with Gasteiger partial charge < -0.3 is 5.11 Å². The van der Waals surface area contributed by atoms with Crippen molar-refractivity contribution in [2.45, 2.75) is 123 Å². The van der Waals surface area contributed by atoms with E-state index in [0.717, 1.165) is 29.6 Å². The van der Waals surface area contributed by atoms with Gasteiger partial charge in [0.15, 0.2) is 0 Å². The van der Waals surface area contributed by atoms with E-state index in [0.29, 0.717) is 0 Å². The standard InChI is InChI=1S/C6H14.2C5H12.C4H10.C3H8O/c1-5(2)6(3)4;2*1-4-5(2)3;1-4(2)3;1-3(2)4/h5-6H,1-4H3;2*5H,4H2,1-3H3;4H,1-3H3;3-4H,1-2H3. The Bertz CT molecular complexity index is 141. The molecule has 0 aliphatic carbocycles. The molecule has 1 nitrogen and oxygen atoms in total. The third kappa shape index (κ3) is 152. The molecule has 0 heterocycles. The van der Waals surface area contributed by atoms with Gasteiger partial charge in [-0.1, -0.05) is 103 Å². The third-order valence-corrected chi connectivity index (χ3v) is 2.97. The van der Waals surface area contributed by atoms with Crippen molar-refractivity contribution >= 4 is 0 Å². The topological polar surface area (TPSA) is 20.2 Å². The Morgan fingerprint density at radius 3 is 0.583 bits per heavy atom. The van der Waals surface area contributed by atoms with Crippen LogP contribution in [0.25, 0.3) is 0 Å². The Labute approximate surface area is 158 Å². The van der Waals surface area contributed by atoms with Gasteiger partial charge in [-0.05, 0) is 43.4 Å². The van der Waals surface area contributed by atoms with Crippen molar-refractivity contribution in [3.05, 3.63) is 0 Å². The van der Waals surface area contributed by atoms with Crippen LogP contribution >= 0.6 is 0 Å². The van der Waals surface area contributed by atoms with Gasteiger partial charge in [-0.25, -0.2) is 0 Å². The van der Waals surface area contributed by atoms with E-state index in [1.54, 1.807) is 13.8 Å². The highest BCUT2D eigenvalue weighted by atomic mass is 16.3. The Morgan fingerprint density at radius 2 is 0.583 bits per heavy atom. The first-order chi connectivity index (χ1) is 10.6. The Morgan fingerprint density at radius 1 is 0.500 bits per heavy atom. The Balaban J connectivity index is -0.0000000633. The van der Waals surface area contributed by atoms with Gasteiger partial charge in [-0.3, -0.25) is 0 Å². The molecule has 24 heavy (non-hydrogen) atoms. The lowest BCUT2D eigenvalue weighted by Gasteiger charge is -2.05. The van der Waals surface area contributed by atoms with Crippen LogP contribution in [-0.2, 0) is 0 Å². The maximum absolute atomic E-state index is 8.06. The van der Waals surface area contributed by atoms with Crippen molar-refractivity contribution in [2.24, 2.45) is 29.6 Å². The second-order valence-corrected chi connectivity index (χ2v) is 8.92. The smallest absolute Gasteiger partial charge is 0.0483 e. The lowest BCUT2D eigenvalue weighted by molar-refractivity contribution is 0.216. The van der Waals surface area contributed by atoms with Crippen LogP contribution in [0.3, 0.4) is 0 Å². The molecule has 0 radical (unpaired) electrons. The van der Waals surface area contributed by atoms with Crippen molar-refractivity contribution in [1.29, 1.82) is 0 Å². The first-order valence-corrected chi connectivity index (χ1v) is 10.3. The fourth-order valence-electron chi connectivity index (χ4n) is 0. The van der Waals surface area contributed by atoms with Gasteiger partial charge in [-0.15, -0.1) is 0 Å². The molecule has 0 unspecified atom stereocenters. The highest BCUT2D eigenvalue weighted by Crippen LogP contribution is 2.05. The molecule has 0 aromatic heterocycles. The Hall–Kier alpha value is -0.0400. The van der Waals surface area contributed by atoms with E-state index in [9.17, 15) is 0 Å². The summed E-state index contributed by atoms with van der Waals surface area (Å²) < 4.78 is 0. The molecular weight excluding hydrogens is 292 g/mol. The van der Waals surface area contributed by atoms with Crippen LogP contribution in [-0.4, -0.2) is 11.2 Å². The highest BCUT2D eigenvalue weighted by molar-refractivity contribution is 4.46. The second-order valence-electron chi connectivity index (χ2n) is 8.92. The largest absolute Gasteiger partial charge is 0.394 e. The summed E-state index contributed by atoms with van der Waals surface area (Å²) in [6.45, 7) is 32.2. The van der Waals surface area contributed by atoms with Gasteiger partial charge in [0.05, 0.1) is 0 Å². The lowest BCUT2D eigenvalue weighted by atomic mass is 10.0. The SMILES string of the molecule is CC(C)C.CC(C)C(C)C.CC(C)O.CCC(C)C.CCC(C)C. The van der Waals surface area contributed by atoms with Gasteiger partial charge in [0.2, 0.25) is 0 Å². The maximum Gasteiger partial charge on any atom is 0.0483 e. The van der Waals surface area contributed by atoms with Gasteiger partial charge in [0.1, 0.15) is 0 Å². The van der Waals surface area contributed by atoms with E-state index < -0.39 is 0 Å². The summed E-state index contributed by atoms with van der Waals surface area (Å²) in [4.78, 5) is 0. The maximum atomic E-state index is 8.06. The van der Waals surface area contributed by atoms with Crippen LogP contribution < -0.4 is 0 Å². The zero-order valence-corrected chi connectivity index (χ0v) is 20.3.